The number of hydrogen-bond acceptors (Lipinski definition) is 2. The van der Waals surface area contributed by atoms with Gasteiger partial charge in [-0.2, -0.15) is 0 Å². The molecule has 1 aliphatic rings. The summed E-state index contributed by atoms with van der Waals surface area (Å²) in [4.78, 5) is 4.39. The Hall–Kier alpha value is -0.0400. The van der Waals surface area contributed by atoms with Gasteiger partial charge in [-0.15, -0.1) is 24.0 Å². The van der Waals surface area contributed by atoms with Crippen molar-refractivity contribution in [2.75, 3.05) is 13.7 Å². The zero-order valence-corrected chi connectivity index (χ0v) is 13.7. The molecular weight excluding hydrogens is 329 g/mol. The Bertz CT molecular complexity index is 251. The molecule has 1 fully saturated rings. The van der Waals surface area contributed by atoms with E-state index in [1.54, 1.807) is 7.11 Å². The van der Waals surface area contributed by atoms with Crippen LogP contribution in [0.2, 0.25) is 0 Å². The van der Waals surface area contributed by atoms with Crippen LogP contribution in [-0.2, 0) is 4.74 Å². The minimum absolute atomic E-state index is 0. The largest absolute Gasteiger partial charge is 0.381 e. The van der Waals surface area contributed by atoms with Crippen molar-refractivity contribution in [3.63, 3.8) is 0 Å². The van der Waals surface area contributed by atoms with Crippen molar-refractivity contribution < 1.29 is 4.74 Å². The van der Waals surface area contributed by atoms with Gasteiger partial charge in [-0.1, -0.05) is 6.42 Å². The standard InChI is InChI=1S/C12H25N3O.HI/c1-12(2,3)15-11(13)14-8-9-6-5-7-10(9)16-4;/h9-10H,5-8H2,1-4H3,(H3,13,14,15);1H. The molecule has 1 rings (SSSR count). The first-order valence-corrected chi connectivity index (χ1v) is 6.03. The Kier molecular flexibility index (Phi) is 7.39. The Morgan fingerprint density at radius 2 is 2.06 bits per heavy atom. The molecule has 0 aromatic rings. The summed E-state index contributed by atoms with van der Waals surface area (Å²) in [5.74, 6) is 1.07. The van der Waals surface area contributed by atoms with Gasteiger partial charge in [0, 0.05) is 25.1 Å². The highest BCUT2D eigenvalue weighted by Crippen LogP contribution is 2.27. The molecule has 0 spiro atoms. The van der Waals surface area contributed by atoms with Crippen molar-refractivity contribution in [2.24, 2.45) is 16.6 Å². The number of rotatable bonds is 3. The van der Waals surface area contributed by atoms with E-state index >= 15 is 0 Å². The van der Waals surface area contributed by atoms with E-state index < -0.39 is 0 Å². The summed E-state index contributed by atoms with van der Waals surface area (Å²) >= 11 is 0. The molecule has 17 heavy (non-hydrogen) atoms. The Morgan fingerprint density at radius 3 is 2.59 bits per heavy atom. The molecule has 1 saturated carbocycles. The van der Waals surface area contributed by atoms with Crippen molar-refractivity contribution in [2.45, 2.75) is 51.7 Å². The van der Waals surface area contributed by atoms with E-state index in [9.17, 15) is 0 Å². The molecule has 0 bridgehead atoms. The van der Waals surface area contributed by atoms with E-state index in [4.69, 9.17) is 10.5 Å². The van der Waals surface area contributed by atoms with Crippen LogP contribution in [0.5, 0.6) is 0 Å². The van der Waals surface area contributed by atoms with E-state index in [2.05, 4.69) is 31.1 Å². The van der Waals surface area contributed by atoms with Gasteiger partial charge in [0.2, 0.25) is 0 Å². The molecule has 0 amide bonds. The Morgan fingerprint density at radius 1 is 1.41 bits per heavy atom. The predicted octanol–water partition coefficient (Wildman–Crippen LogP) is 2.12. The molecule has 0 saturated heterocycles. The van der Waals surface area contributed by atoms with E-state index in [1.807, 2.05) is 0 Å². The van der Waals surface area contributed by atoms with Crippen molar-refractivity contribution >= 4 is 29.9 Å². The summed E-state index contributed by atoms with van der Waals surface area (Å²) < 4.78 is 5.43. The van der Waals surface area contributed by atoms with Gasteiger partial charge in [0.05, 0.1) is 6.10 Å². The second-order valence-electron chi connectivity index (χ2n) is 5.57. The quantitative estimate of drug-likeness (QED) is 0.463. The lowest BCUT2D eigenvalue weighted by atomic mass is 10.1. The molecule has 5 heteroatoms. The summed E-state index contributed by atoms with van der Waals surface area (Å²) in [6.07, 6.45) is 3.96. The van der Waals surface area contributed by atoms with Crippen molar-refractivity contribution in [3.05, 3.63) is 0 Å². The minimum Gasteiger partial charge on any atom is -0.381 e. The molecule has 102 valence electrons. The molecular formula is C12H26IN3O. The molecule has 0 heterocycles. The highest BCUT2D eigenvalue weighted by Gasteiger charge is 2.26. The normalized spacial score (nSPS) is 25.5. The molecule has 0 radical (unpaired) electrons. The topological polar surface area (TPSA) is 59.6 Å². The molecule has 0 aromatic carbocycles. The first kappa shape index (κ1) is 17.0. The zero-order chi connectivity index (χ0) is 12.2. The van der Waals surface area contributed by atoms with E-state index in [0.29, 0.717) is 18.0 Å². The highest BCUT2D eigenvalue weighted by atomic mass is 127. The monoisotopic (exact) mass is 355 g/mol. The van der Waals surface area contributed by atoms with E-state index in [-0.39, 0.29) is 29.5 Å². The van der Waals surface area contributed by atoms with Crippen LogP contribution in [0.1, 0.15) is 40.0 Å². The molecule has 2 atom stereocenters. The third-order valence-corrected chi connectivity index (χ3v) is 2.89. The maximum absolute atomic E-state index is 5.82. The number of hydrogen-bond donors (Lipinski definition) is 2. The molecule has 0 aromatic heterocycles. The maximum Gasteiger partial charge on any atom is 0.188 e. The fourth-order valence-electron chi connectivity index (χ4n) is 2.16. The third kappa shape index (κ3) is 6.45. The number of methoxy groups -OCH3 is 1. The second kappa shape index (κ2) is 7.41. The zero-order valence-electron chi connectivity index (χ0n) is 11.3. The van der Waals surface area contributed by atoms with Gasteiger partial charge in [0.15, 0.2) is 5.96 Å². The molecule has 1 aliphatic carbocycles. The number of nitrogens with one attached hydrogen (secondary N) is 1. The average Bonchev–Trinajstić information content (AvgIpc) is 2.59. The smallest absolute Gasteiger partial charge is 0.188 e. The van der Waals surface area contributed by atoms with Crippen LogP contribution in [0.3, 0.4) is 0 Å². The van der Waals surface area contributed by atoms with Crippen LogP contribution in [0, 0.1) is 5.92 Å². The van der Waals surface area contributed by atoms with Gasteiger partial charge in [0.25, 0.3) is 0 Å². The summed E-state index contributed by atoms with van der Waals surface area (Å²) in [5, 5.41) is 3.16. The van der Waals surface area contributed by atoms with Crippen LogP contribution in [0.25, 0.3) is 0 Å². The highest BCUT2D eigenvalue weighted by molar-refractivity contribution is 14.0. The second-order valence-corrected chi connectivity index (χ2v) is 5.57. The first-order chi connectivity index (χ1) is 7.42. The van der Waals surface area contributed by atoms with Gasteiger partial charge < -0.3 is 15.8 Å². The molecule has 2 unspecified atom stereocenters. The molecule has 4 nitrogen and oxygen atoms in total. The maximum atomic E-state index is 5.82. The number of ether oxygens (including phenoxy) is 1. The van der Waals surface area contributed by atoms with Crippen LogP contribution in [-0.4, -0.2) is 31.3 Å². The number of guanidine groups is 1. The molecule has 0 aliphatic heterocycles. The molecule has 3 N–H and O–H groups in total. The lowest BCUT2D eigenvalue weighted by molar-refractivity contribution is 0.0742. The summed E-state index contributed by atoms with van der Waals surface area (Å²) in [7, 11) is 1.78. The number of aliphatic imine (C=N–C) groups is 1. The van der Waals surface area contributed by atoms with Crippen molar-refractivity contribution in [1.29, 1.82) is 0 Å². The van der Waals surface area contributed by atoms with Crippen LogP contribution in [0.4, 0.5) is 0 Å². The van der Waals surface area contributed by atoms with E-state index in [1.165, 1.54) is 12.8 Å². The van der Waals surface area contributed by atoms with Crippen LogP contribution < -0.4 is 11.1 Å². The van der Waals surface area contributed by atoms with Crippen molar-refractivity contribution in [1.82, 2.24) is 5.32 Å². The van der Waals surface area contributed by atoms with Crippen LogP contribution in [0.15, 0.2) is 4.99 Å². The minimum atomic E-state index is -0.0239. The fraction of sp³-hybridized carbons (Fsp3) is 0.917. The predicted molar refractivity (Wildman–Crippen MR) is 82.9 cm³/mol. The Labute approximate surface area is 122 Å². The number of nitrogens with two attached hydrogens (primary N) is 1. The number of halogens is 1. The summed E-state index contributed by atoms with van der Waals surface area (Å²) in [6, 6.07) is 0. The van der Waals surface area contributed by atoms with Crippen LogP contribution >= 0.6 is 24.0 Å². The van der Waals surface area contributed by atoms with Gasteiger partial charge in [-0.05, 0) is 33.6 Å². The SMILES string of the molecule is COC1CCCC1CN=C(N)NC(C)(C)C.I. The van der Waals surface area contributed by atoms with Gasteiger partial charge >= 0.3 is 0 Å². The Balaban J connectivity index is 0.00000256. The van der Waals surface area contributed by atoms with Gasteiger partial charge in [-0.25, -0.2) is 0 Å². The lowest BCUT2D eigenvalue weighted by Crippen LogP contribution is -2.45. The van der Waals surface area contributed by atoms with E-state index in [0.717, 1.165) is 13.0 Å². The fourth-order valence-corrected chi connectivity index (χ4v) is 2.16. The summed E-state index contributed by atoms with van der Waals surface area (Å²) in [5.41, 5.74) is 5.80. The van der Waals surface area contributed by atoms with Crippen molar-refractivity contribution in [3.8, 4) is 0 Å². The average molecular weight is 355 g/mol. The van der Waals surface area contributed by atoms with Gasteiger partial charge in [0.1, 0.15) is 0 Å². The lowest BCUT2D eigenvalue weighted by Gasteiger charge is -2.22. The summed E-state index contributed by atoms with van der Waals surface area (Å²) in [6.45, 7) is 6.99. The first-order valence-electron chi connectivity index (χ1n) is 6.03. The van der Waals surface area contributed by atoms with Gasteiger partial charge in [-0.3, -0.25) is 4.99 Å². The number of nitrogens with zero attached hydrogens (tertiary/aromatic N) is 1. The third-order valence-electron chi connectivity index (χ3n) is 2.89.